The van der Waals surface area contributed by atoms with E-state index in [4.69, 9.17) is 21.1 Å². The van der Waals surface area contributed by atoms with E-state index in [-0.39, 0.29) is 6.61 Å². The molecule has 0 aliphatic carbocycles. The van der Waals surface area contributed by atoms with Crippen molar-refractivity contribution in [2.75, 3.05) is 0 Å². The van der Waals surface area contributed by atoms with Crippen molar-refractivity contribution in [3.63, 3.8) is 0 Å². The van der Waals surface area contributed by atoms with Gasteiger partial charge in [-0.1, -0.05) is 11.6 Å². The smallest absolute Gasteiger partial charge is 0.181 e. The van der Waals surface area contributed by atoms with Crippen LogP contribution in [0.2, 0.25) is 5.02 Å². The van der Waals surface area contributed by atoms with Gasteiger partial charge in [0.25, 0.3) is 0 Å². The molecule has 0 saturated carbocycles. The van der Waals surface area contributed by atoms with E-state index < -0.39 is 0 Å². The number of nitrogens with zero attached hydrogens (tertiary/aromatic N) is 1. The van der Waals surface area contributed by atoms with Crippen LogP contribution in [0.15, 0.2) is 16.2 Å². The van der Waals surface area contributed by atoms with E-state index in [9.17, 15) is 0 Å². The van der Waals surface area contributed by atoms with Gasteiger partial charge in [-0.05, 0) is 17.9 Å². The molecular formula is C9H8ClNO2S. The third kappa shape index (κ3) is 1.45. The molecule has 2 heterocycles. The van der Waals surface area contributed by atoms with Gasteiger partial charge in [0, 0.05) is 0 Å². The lowest BCUT2D eigenvalue weighted by Gasteiger charge is -1.95. The number of aryl methyl sites for hydroxylation is 1. The summed E-state index contributed by atoms with van der Waals surface area (Å²) in [5.41, 5.74) is 1.53. The van der Waals surface area contributed by atoms with E-state index in [1.165, 1.54) is 17.7 Å². The lowest BCUT2D eigenvalue weighted by Crippen LogP contribution is -1.85. The van der Waals surface area contributed by atoms with Crippen LogP contribution < -0.4 is 0 Å². The van der Waals surface area contributed by atoms with E-state index in [0.29, 0.717) is 16.5 Å². The summed E-state index contributed by atoms with van der Waals surface area (Å²) < 4.78 is 5.19. The second kappa shape index (κ2) is 3.73. The predicted molar refractivity (Wildman–Crippen MR) is 55.5 cm³/mol. The van der Waals surface area contributed by atoms with Crippen LogP contribution in [0.5, 0.6) is 0 Å². The summed E-state index contributed by atoms with van der Waals surface area (Å²) in [7, 11) is 0. The Labute approximate surface area is 90.0 Å². The first-order chi connectivity index (χ1) is 6.74. The number of thiophene rings is 1. The van der Waals surface area contributed by atoms with E-state index in [2.05, 4.69) is 4.98 Å². The molecule has 5 heteroatoms. The average molecular weight is 230 g/mol. The number of oxazole rings is 1. The van der Waals surface area contributed by atoms with Crippen LogP contribution in [0.25, 0.3) is 10.6 Å². The summed E-state index contributed by atoms with van der Waals surface area (Å²) in [6.07, 6.45) is 1.31. The largest absolute Gasteiger partial charge is 0.442 e. The molecule has 0 aromatic carbocycles. The van der Waals surface area contributed by atoms with Crippen molar-refractivity contribution in [2.45, 2.75) is 13.5 Å². The van der Waals surface area contributed by atoms with Crippen molar-refractivity contribution >= 4 is 22.9 Å². The lowest BCUT2D eigenvalue weighted by molar-refractivity contribution is 0.277. The topological polar surface area (TPSA) is 46.3 Å². The Bertz CT molecular complexity index is 449. The standard InChI is InChI=1S/C9H8ClNO2S/c1-5-3-14-9(7(5)10)8-6(2-12)11-4-13-8/h3-4,12H,2H2,1H3. The van der Waals surface area contributed by atoms with Gasteiger partial charge in [0.05, 0.1) is 16.5 Å². The zero-order valence-electron chi connectivity index (χ0n) is 7.45. The highest BCUT2D eigenvalue weighted by Gasteiger charge is 2.16. The lowest BCUT2D eigenvalue weighted by atomic mass is 10.2. The molecule has 0 bridgehead atoms. The van der Waals surface area contributed by atoms with E-state index in [1.54, 1.807) is 0 Å². The second-order valence-electron chi connectivity index (χ2n) is 2.85. The number of aromatic nitrogens is 1. The number of aliphatic hydroxyl groups is 1. The minimum absolute atomic E-state index is 0.140. The van der Waals surface area contributed by atoms with E-state index in [0.717, 1.165) is 10.4 Å². The molecule has 2 aromatic heterocycles. The summed E-state index contributed by atoms with van der Waals surface area (Å²) in [6, 6.07) is 0. The Hall–Kier alpha value is -0.840. The number of hydrogen-bond acceptors (Lipinski definition) is 4. The first-order valence-corrected chi connectivity index (χ1v) is 5.27. The van der Waals surface area contributed by atoms with Crippen LogP contribution in [-0.4, -0.2) is 10.1 Å². The highest BCUT2D eigenvalue weighted by atomic mass is 35.5. The molecule has 2 rings (SSSR count). The van der Waals surface area contributed by atoms with E-state index >= 15 is 0 Å². The molecule has 1 N–H and O–H groups in total. The minimum atomic E-state index is -0.140. The van der Waals surface area contributed by atoms with Crippen LogP contribution in [0.1, 0.15) is 11.3 Å². The molecule has 74 valence electrons. The molecule has 0 unspecified atom stereocenters. The molecule has 0 aliphatic rings. The van der Waals surface area contributed by atoms with Crippen LogP contribution in [0, 0.1) is 6.92 Å². The Morgan fingerprint density at radius 3 is 3.00 bits per heavy atom. The summed E-state index contributed by atoms with van der Waals surface area (Å²) in [4.78, 5) is 4.72. The summed E-state index contributed by atoms with van der Waals surface area (Å²) >= 11 is 7.56. The predicted octanol–water partition coefficient (Wildman–Crippen LogP) is 2.86. The van der Waals surface area contributed by atoms with Gasteiger partial charge in [-0.2, -0.15) is 0 Å². The van der Waals surface area contributed by atoms with Gasteiger partial charge < -0.3 is 9.52 Å². The fraction of sp³-hybridized carbons (Fsp3) is 0.222. The molecule has 0 saturated heterocycles. The zero-order valence-corrected chi connectivity index (χ0v) is 9.02. The van der Waals surface area contributed by atoms with Gasteiger partial charge in [-0.15, -0.1) is 11.3 Å². The number of rotatable bonds is 2. The van der Waals surface area contributed by atoms with Crippen molar-refractivity contribution in [2.24, 2.45) is 0 Å². The molecule has 2 aromatic rings. The molecule has 0 spiro atoms. The molecule has 3 nitrogen and oxygen atoms in total. The Kier molecular flexibility index (Phi) is 2.58. The maximum atomic E-state index is 9.01. The first kappa shape index (κ1) is 9.71. The van der Waals surface area contributed by atoms with Crippen molar-refractivity contribution in [1.29, 1.82) is 0 Å². The summed E-state index contributed by atoms with van der Waals surface area (Å²) in [5, 5.41) is 11.6. The molecule has 0 radical (unpaired) electrons. The van der Waals surface area contributed by atoms with Gasteiger partial charge in [-0.3, -0.25) is 0 Å². The van der Waals surface area contributed by atoms with Gasteiger partial charge in [0.1, 0.15) is 5.69 Å². The van der Waals surface area contributed by atoms with Gasteiger partial charge in [0.2, 0.25) is 0 Å². The monoisotopic (exact) mass is 229 g/mol. The van der Waals surface area contributed by atoms with Crippen molar-refractivity contribution in [3.05, 3.63) is 28.1 Å². The summed E-state index contributed by atoms with van der Waals surface area (Å²) in [5.74, 6) is 0.565. The highest BCUT2D eigenvalue weighted by Crippen LogP contribution is 2.37. The fourth-order valence-electron chi connectivity index (χ4n) is 1.15. The van der Waals surface area contributed by atoms with Crippen LogP contribution in [0.3, 0.4) is 0 Å². The molecule has 0 atom stereocenters. The van der Waals surface area contributed by atoms with Crippen LogP contribution >= 0.6 is 22.9 Å². The molecular weight excluding hydrogens is 222 g/mol. The first-order valence-electron chi connectivity index (χ1n) is 4.01. The van der Waals surface area contributed by atoms with Crippen molar-refractivity contribution in [1.82, 2.24) is 4.98 Å². The molecule has 0 fully saturated rings. The SMILES string of the molecule is Cc1csc(-c2ocnc2CO)c1Cl. The maximum Gasteiger partial charge on any atom is 0.181 e. The van der Waals surface area contributed by atoms with Gasteiger partial charge in [0.15, 0.2) is 12.2 Å². The fourth-order valence-corrected chi connectivity index (χ4v) is 2.44. The third-order valence-electron chi connectivity index (χ3n) is 1.90. The second-order valence-corrected chi connectivity index (χ2v) is 4.11. The minimum Gasteiger partial charge on any atom is -0.442 e. The quantitative estimate of drug-likeness (QED) is 0.862. The van der Waals surface area contributed by atoms with E-state index in [1.807, 2.05) is 12.3 Å². The van der Waals surface area contributed by atoms with Gasteiger partial charge in [-0.25, -0.2) is 4.98 Å². The Balaban J connectivity index is 2.54. The Morgan fingerprint density at radius 1 is 1.64 bits per heavy atom. The molecule has 14 heavy (non-hydrogen) atoms. The Morgan fingerprint density at radius 2 is 2.43 bits per heavy atom. The number of aliphatic hydroxyl groups excluding tert-OH is 1. The highest BCUT2D eigenvalue weighted by molar-refractivity contribution is 7.14. The number of halogens is 1. The maximum absolute atomic E-state index is 9.01. The molecule has 0 aliphatic heterocycles. The van der Waals surface area contributed by atoms with Crippen LogP contribution in [0.4, 0.5) is 0 Å². The zero-order chi connectivity index (χ0) is 10.1. The van der Waals surface area contributed by atoms with Crippen molar-refractivity contribution in [3.8, 4) is 10.6 Å². The average Bonchev–Trinajstić information content (AvgIpc) is 2.75. The van der Waals surface area contributed by atoms with Gasteiger partial charge >= 0.3 is 0 Å². The number of hydrogen-bond donors (Lipinski definition) is 1. The van der Waals surface area contributed by atoms with Crippen LogP contribution in [-0.2, 0) is 6.61 Å². The summed E-state index contributed by atoms with van der Waals surface area (Å²) in [6.45, 7) is 1.79. The molecule has 0 amide bonds. The third-order valence-corrected chi connectivity index (χ3v) is 3.59. The van der Waals surface area contributed by atoms with Crippen molar-refractivity contribution < 1.29 is 9.52 Å². The normalized spacial score (nSPS) is 10.8.